The molecule has 2 aliphatic heterocycles. The van der Waals surface area contributed by atoms with E-state index in [0.29, 0.717) is 42.4 Å². The molecule has 1 N–H and O–H groups in total. The average Bonchev–Trinajstić information content (AvgIpc) is 3.20. The van der Waals surface area contributed by atoms with Crippen molar-refractivity contribution < 1.29 is 28.9 Å². The van der Waals surface area contributed by atoms with Crippen molar-refractivity contribution in [2.24, 2.45) is 0 Å². The van der Waals surface area contributed by atoms with E-state index in [1.807, 2.05) is 61.3 Å². The van der Waals surface area contributed by atoms with Crippen LogP contribution in [0.25, 0.3) is 5.76 Å². The van der Waals surface area contributed by atoms with Gasteiger partial charge in [0.25, 0.3) is 11.7 Å². The van der Waals surface area contributed by atoms with Gasteiger partial charge in [-0.15, -0.1) is 0 Å². The molecule has 2 heterocycles. The highest BCUT2D eigenvalue weighted by molar-refractivity contribution is 6.46. The normalized spacial score (nSPS) is 18.1. The predicted molar refractivity (Wildman–Crippen MR) is 149 cm³/mol. The van der Waals surface area contributed by atoms with Crippen LogP contribution in [0.4, 0.5) is 5.69 Å². The molecule has 1 amide bonds. The van der Waals surface area contributed by atoms with E-state index in [0.717, 1.165) is 22.4 Å². The second-order valence-corrected chi connectivity index (χ2v) is 9.80. The van der Waals surface area contributed by atoms with Crippen molar-refractivity contribution in [1.29, 1.82) is 0 Å². The van der Waals surface area contributed by atoms with Crippen LogP contribution in [0.1, 0.15) is 28.3 Å². The van der Waals surface area contributed by atoms with Crippen molar-refractivity contribution in [2.45, 2.75) is 19.4 Å². The van der Waals surface area contributed by atoms with Gasteiger partial charge in [0.2, 0.25) is 0 Å². The van der Waals surface area contributed by atoms with Gasteiger partial charge in [0, 0.05) is 19.2 Å². The largest absolute Gasteiger partial charge is 0.507 e. The van der Waals surface area contributed by atoms with Gasteiger partial charge in [-0.05, 0) is 54.8 Å². The second-order valence-electron chi connectivity index (χ2n) is 9.80. The zero-order chi connectivity index (χ0) is 27.7. The molecule has 1 saturated heterocycles. The van der Waals surface area contributed by atoms with Crippen LogP contribution in [-0.4, -0.2) is 62.7 Å². The maximum atomic E-state index is 13.5. The molecule has 0 spiro atoms. The number of aryl methyl sites for hydroxylation is 1. The molecule has 1 unspecified atom stereocenters. The van der Waals surface area contributed by atoms with Crippen LogP contribution in [0.2, 0.25) is 0 Å². The number of hydrogen-bond donors (Lipinski definition) is 1. The number of carbonyl (C=O) groups excluding carboxylic acids is 2. The highest BCUT2D eigenvalue weighted by Crippen LogP contribution is 2.41. The summed E-state index contributed by atoms with van der Waals surface area (Å²) >= 11 is 0. The van der Waals surface area contributed by atoms with Crippen molar-refractivity contribution in [3.8, 4) is 17.2 Å². The number of hydrogen-bond acceptors (Lipinski definition) is 7. The third kappa shape index (κ3) is 4.90. The average molecular weight is 529 g/mol. The standard InChI is InChI=1S/C31H32N2O6/c1-19-6-5-7-21(16-19)28-27(29(34)22-9-11-24-23(18-22)32(2)14-15-39-24)30(35)31(36)33(28)13-12-20-8-10-25(37-3)26(17-20)38-4/h5-11,16-18,28,34H,12-15H2,1-4H3/b29-27-. The number of ether oxygens (including phenoxy) is 3. The SMILES string of the molecule is COc1ccc(CCN2C(=O)C(=O)/C(=C(\O)c3ccc4c(c3)N(C)CCO4)C2c2cccc(C)c2)cc1OC. The number of likely N-dealkylation sites (tertiary alicyclic amines) is 1. The van der Waals surface area contributed by atoms with Gasteiger partial charge in [0.15, 0.2) is 11.5 Å². The molecular formula is C31H32N2O6. The summed E-state index contributed by atoms with van der Waals surface area (Å²) < 4.78 is 16.5. The fourth-order valence-electron chi connectivity index (χ4n) is 5.24. The Morgan fingerprint density at radius 1 is 1.03 bits per heavy atom. The number of carbonyl (C=O) groups is 2. The summed E-state index contributed by atoms with van der Waals surface area (Å²) in [6.07, 6.45) is 0.483. The van der Waals surface area contributed by atoms with Gasteiger partial charge in [-0.25, -0.2) is 0 Å². The van der Waals surface area contributed by atoms with Crippen molar-refractivity contribution in [2.75, 3.05) is 45.9 Å². The Hall–Kier alpha value is -4.46. The fraction of sp³-hybridized carbons (Fsp3) is 0.290. The number of aliphatic hydroxyl groups excluding tert-OH is 1. The molecule has 8 nitrogen and oxygen atoms in total. The number of rotatable bonds is 7. The number of benzene rings is 3. The van der Waals surface area contributed by atoms with Gasteiger partial charge < -0.3 is 29.1 Å². The van der Waals surface area contributed by atoms with Crippen LogP contribution in [0.3, 0.4) is 0 Å². The molecule has 2 aliphatic rings. The summed E-state index contributed by atoms with van der Waals surface area (Å²) in [5.41, 5.74) is 4.04. The molecule has 0 aromatic heterocycles. The van der Waals surface area contributed by atoms with E-state index in [4.69, 9.17) is 14.2 Å². The first-order valence-corrected chi connectivity index (χ1v) is 12.9. The Balaban J connectivity index is 1.55. The van der Waals surface area contributed by atoms with Crippen LogP contribution in [-0.2, 0) is 16.0 Å². The Labute approximate surface area is 228 Å². The van der Waals surface area contributed by atoms with Crippen LogP contribution in [0.5, 0.6) is 17.2 Å². The molecule has 0 saturated carbocycles. The maximum Gasteiger partial charge on any atom is 0.295 e. The molecule has 0 radical (unpaired) electrons. The molecule has 39 heavy (non-hydrogen) atoms. The number of methoxy groups -OCH3 is 2. The Kier molecular flexibility index (Phi) is 7.19. The van der Waals surface area contributed by atoms with E-state index in [1.165, 1.54) is 0 Å². The summed E-state index contributed by atoms with van der Waals surface area (Å²) in [6, 6.07) is 17.8. The lowest BCUT2D eigenvalue weighted by atomic mass is 9.94. The topological polar surface area (TPSA) is 88.5 Å². The molecule has 8 heteroatoms. The minimum absolute atomic E-state index is 0.0808. The summed E-state index contributed by atoms with van der Waals surface area (Å²) in [5.74, 6) is 0.382. The lowest BCUT2D eigenvalue weighted by Gasteiger charge is -2.28. The minimum Gasteiger partial charge on any atom is -0.507 e. The number of aliphatic hydroxyl groups is 1. The molecular weight excluding hydrogens is 496 g/mol. The number of amides is 1. The number of Topliss-reactive ketones (excluding diaryl/α,β-unsaturated/α-hetero) is 1. The summed E-state index contributed by atoms with van der Waals surface area (Å²) in [7, 11) is 5.10. The van der Waals surface area contributed by atoms with Gasteiger partial charge in [0.05, 0.1) is 38.1 Å². The van der Waals surface area contributed by atoms with E-state index >= 15 is 0 Å². The van der Waals surface area contributed by atoms with E-state index < -0.39 is 17.7 Å². The molecule has 1 atom stereocenters. The third-order valence-electron chi connectivity index (χ3n) is 7.32. The number of likely N-dealkylation sites (N-methyl/N-ethyl adjacent to an activating group) is 1. The molecule has 202 valence electrons. The summed E-state index contributed by atoms with van der Waals surface area (Å²) in [6.45, 7) is 3.52. The van der Waals surface area contributed by atoms with Gasteiger partial charge in [-0.1, -0.05) is 35.9 Å². The Morgan fingerprint density at radius 2 is 1.82 bits per heavy atom. The van der Waals surface area contributed by atoms with E-state index in [2.05, 4.69) is 0 Å². The second kappa shape index (κ2) is 10.7. The third-order valence-corrected chi connectivity index (χ3v) is 7.32. The van der Waals surface area contributed by atoms with Crippen molar-refractivity contribution >= 4 is 23.1 Å². The quantitative estimate of drug-likeness (QED) is 0.274. The van der Waals surface area contributed by atoms with Crippen LogP contribution in [0, 0.1) is 6.92 Å². The van der Waals surface area contributed by atoms with Gasteiger partial charge >= 0.3 is 0 Å². The lowest BCUT2D eigenvalue weighted by Crippen LogP contribution is -2.31. The van der Waals surface area contributed by atoms with Gasteiger partial charge in [-0.2, -0.15) is 0 Å². The van der Waals surface area contributed by atoms with Crippen molar-refractivity contribution in [3.63, 3.8) is 0 Å². The van der Waals surface area contributed by atoms with Crippen LogP contribution >= 0.6 is 0 Å². The zero-order valence-corrected chi connectivity index (χ0v) is 22.6. The van der Waals surface area contributed by atoms with E-state index in [1.54, 1.807) is 37.3 Å². The maximum absolute atomic E-state index is 13.5. The number of nitrogens with zero attached hydrogens (tertiary/aromatic N) is 2. The molecule has 3 aromatic rings. The Morgan fingerprint density at radius 3 is 2.56 bits per heavy atom. The molecule has 3 aromatic carbocycles. The van der Waals surface area contributed by atoms with Crippen LogP contribution in [0.15, 0.2) is 66.2 Å². The lowest BCUT2D eigenvalue weighted by molar-refractivity contribution is -0.139. The molecule has 0 aliphatic carbocycles. The monoisotopic (exact) mass is 528 g/mol. The van der Waals surface area contributed by atoms with E-state index in [9.17, 15) is 14.7 Å². The number of anilines is 1. The summed E-state index contributed by atoms with van der Waals surface area (Å²) in [4.78, 5) is 30.5. The fourth-order valence-corrected chi connectivity index (χ4v) is 5.24. The first-order valence-electron chi connectivity index (χ1n) is 12.9. The zero-order valence-electron chi connectivity index (χ0n) is 22.6. The van der Waals surface area contributed by atoms with Gasteiger partial charge in [-0.3, -0.25) is 9.59 Å². The summed E-state index contributed by atoms with van der Waals surface area (Å²) in [5, 5.41) is 11.5. The number of ketones is 1. The highest BCUT2D eigenvalue weighted by atomic mass is 16.5. The highest BCUT2D eigenvalue weighted by Gasteiger charge is 2.46. The number of fused-ring (bicyclic) bond motifs is 1. The molecule has 0 bridgehead atoms. The smallest absolute Gasteiger partial charge is 0.295 e. The molecule has 1 fully saturated rings. The first-order chi connectivity index (χ1) is 18.8. The predicted octanol–water partition coefficient (Wildman–Crippen LogP) is 4.51. The van der Waals surface area contributed by atoms with Crippen molar-refractivity contribution in [3.05, 3.63) is 88.5 Å². The first kappa shape index (κ1) is 26.2. The van der Waals surface area contributed by atoms with E-state index in [-0.39, 0.29) is 17.9 Å². The van der Waals surface area contributed by atoms with Crippen molar-refractivity contribution in [1.82, 2.24) is 4.90 Å². The molecule has 5 rings (SSSR count). The van der Waals surface area contributed by atoms with Crippen LogP contribution < -0.4 is 19.1 Å². The Bertz CT molecular complexity index is 1460. The minimum atomic E-state index is -0.727. The van der Waals surface area contributed by atoms with Gasteiger partial charge in [0.1, 0.15) is 18.1 Å².